The number of aryl methyl sites for hydroxylation is 2. The maximum atomic E-state index is 12.5. The highest BCUT2D eigenvalue weighted by Gasteiger charge is 2.19. The van der Waals surface area contributed by atoms with Crippen molar-refractivity contribution >= 4 is 29.4 Å². The minimum atomic E-state index is -1.01. The highest BCUT2D eigenvalue weighted by Crippen LogP contribution is 2.26. The fraction of sp³-hybridized carbons (Fsp3) is 0.276. The average molecular weight is 506 g/mol. The van der Waals surface area contributed by atoms with E-state index in [1.165, 1.54) is 11.1 Å². The topological polar surface area (TPSA) is 92.7 Å². The molecule has 3 aromatic carbocycles. The van der Waals surface area contributed by atoms with Gasteiger partial charge in [-0.3, -0.25) is 14.4 Å². The van der Waals surface area contributed by atoms with Crippen molar-refractivity contribution in [2.24, 2.45) is 0 Å². The number of amides is 1. The lowest BCUT2D eigenvalue weighted by molar-refractivity contribution is -0.139. The fourth-order valence-electron chi connectivity index (χ4n) is 4.48. The summed E-state index contributed by atoms with van der Waals surface area (Å²) in [6.07, 6.45) is 3.11. The first kappa shape index (κ1) is 25.5. The number of ether oxygens (including phenoxy) is 1. The molecule has 0 heterocycles. The minimum Gasteiger partial charge on any atom is -0.481 e. The lowest BCUT2D eigenvalue weighted by Crippen LogP contribution is -2.38. The number of rotatable bonds is 10. The zero-order chi connectivity index (χ0) is 25.5. The Labute approximate surface area is 215 Å². The summed E-state index contributed by atoms with van der Waals surface area (Å²) >= 11 is 6.07. The van der Waals surface area contributed by atoms with Crippen molar-refractivity contribution in [3.05, 3.63) is 88.4 Å². The molecular weight excluding hydrogens is 478 g/mol. The number of benzene rings is 3. The predicted molar refractivity (Wildman–Crippen MR) is 138 cm³/mol. The van der Waals surface area contributed by atoms with E-state index in [1.54, 1.807) is 6.07 Å². The van der Waals surface area contributed by atoms with Gasteiger partial charge >= 0.3 is 11.9 Å². The van der Waals surface area contributed by atoms with E-state index in [0.717, 1.165) is 36.0 Å². The van der Waals surface area contributed by atoms with E-state index in [9.17, 15) is 19.5 Å². The number of nitrogens with one attached hydrogen (secondary N) is 1. The monoisotopic (exact) mass is 505 g/mol. The standard InChI is InChI=1S/C29H28ClNO5/c30-24-6-2-5-22(16-24)21-9-7-19(8-10-21)15-25(18-28(33)34)31-27(32)13-14-29(35)36-26-12-11-20-3-1-4-23(20)17-26/h2,5-12,16-17,25H,1,3-4,13-15,18H2,(H,31,32)(H,33,34)/t25-/m1/s1. The Bertz CT molecular complexity index is 1250. The lowest BCUT2D eigenvalue weighted by atomic mass is 9.99. The van der Waals surface area contributed by atoms with E-state index in [2.05, 4.69) is 5.32 Å². The molecule has 0 saturated heterocycles. The van der Waals surface area contributed by atoms with Gasteiger partial charge < -0.3 is 15.2 Å². The van der Waals surface area contributed by atoms with Crippen LogP contribution in [0.5, 0.6) is 5.75 Å². The first-order chi connectivity index (χ1) is 17.4. The van der Waals surface area contributed by atoms with Crippen LogP contribution in [-0.2, 0) is 33.6 Å². The second-order valence-electron chi connectivity index (χ2n) is 9.03. The zero-order valence-corrected chi connectivity index (χ0v) is 20.6. The fourth-order valence-corrected chi connectivity index (χ4v) is 4.67. The SMILES string of the molecule is O=C(O)C[C@@H](Cc1ccc(-c2cccc(Cl)c2)cc1)NC(=O)CCC(=O)Oc1ccc2c(c1)CCC2. The van der Waals surface area contributed by atoms with E-state index >= 15 is 0 Å². The van der Waals surface area contributed by atoms with Crippen LogP contribution in [0, 0.1) is 0 Å². The van der Waals surface area contributed by atoms with Crippen LogP contribution in [0.4, 0.5) is 0 Å². The maximum Gasteiger partial charge on any atom is 0.311 e. The van der Waals surface area contributed by atoms with E-state index < -0.39 is 18.0 Å². The number of carboxylic acids is 1. The molecule has 0 bridgehead atoms. The molecule has 1 aliphatic carbocycles. The number of carboxylic acid groups (broad SMARTS) is 1. The van der Waals surface area contributed by atoms with Gasteiger partial charge in [0.05, 0.1) is 12.8 Å². The summed E-state index contributed by atoms with van der Waals surface area (Å²) in [6, 6.07) is 20.3. The van der Waals surface area contributed by atoms with Gasteiger partial charge in [-0.1, -0.05) is 54.1 Å². The molecule has 0 fully saturated rings. The van der Waals surface area contributed by atoms with E-state index in [4.69, 9.17) is 16.3 Å². The number of hydrogen-bond acceptors (Lipinski definition) is 4. The molecule has 0 spiro atoms. The van der Waals surface area contributed by atoms with Crippen molar-refractivity contribution in [1.29, 1.82) is 0 Å². The third kappa shape index (κ3) is 7.18. The molecule has 186 valence electrons. The molecule has 4 rings (SSSR count). The molecule has 6 nitrogen and oxygen atoms in total. The Hall–Kier alpha value is -3.64. The number of carbonyl (C=O) groups is 3. The molecule has 0 aliphatic heterocycles. The van der Waals surface area contributed by atoms with Crippen LogP contribution >= 0.6 is 11.6 Å². The van der Waals surface area contributed by atoms with Crippen LogP contribution in [0.1, 0.15) is 42.4 Å². The second kappa shape index (κ2) is 11.9. The number of fused-ring (bicyclic) bond motifs is 1. The van der Waals surface area contributed by atoms with Crippen LogP contribution < -0.4 is 10.1 Å². The predicted octanol–water partition coefficient (Wildman–Crippen LogP) is 5.38. The van der Waals surface area contributed by atoms with Crippen molar-refractivity contribution in [2.45, 2.75) is 51.0 Å². The van der Waals surface area contributed by atoms with Gasteiger partial charge in [0.25, 0.3) is 0 Å². The Morgan fingerprint density at radius 3 is 2.44 bits per heavy atom. The largest absolute Gasteiger partial charge is 0.481 e. The highest BCUT2D eigenvalue weighted by molar-refractivity contribution is 6.30. The molecule has 2 N–H and O–H groups in total. The molecule has 7 heteroatoms. The van der Waals surface area contributed by atoms with E-state index in [0.29, 0.717) is 17.2 Å². The summed E-state index contributed by atoms with van der Waals surface area (Å²) in [5, 5.41) is 12.7. The van der Waals surface area contributed by atoms with Gasteiger partial charge in [-0.15, -0.1) is 0 Å². The molecule has 0 saturated carbocycles. The summed E-state index contributed by atoms with van der Waals surface area (Å²) in [5.41, 5.74) is 5.36. The van der Waals surface area contributed by atoms with Gasteiger partial charge in [-0.25, -0.2) is 0 Å². The van der Waals surface area contributed by atoms with Crippen LogP contribution in [0.3, 0.4) is 0 Å². The van der Waals surface area contributed by atoms with Crippen molar-refractivity contribution in [2.75, 3.05) is 0 Å². The van der Waals surface area contributed by atoms with E-state index in [-0.39, 0.29) is 25.2 Å². The van der Waals surface area contributed by atoms with Gasteiger partial charge in [0.1, 0.15) is 5.75 Å². The quantitative estimate of drug-likeness (QED) is 0.285. The summed E-state index contributed by atoms with van der Waals surface area (Å²) in [4.78, 5) is 36.1. The first-order valence-electron chi connectivity index (χ1n) is 12.0. The lowest BCUT2D eigenvalue weighted by Gasteiger charge is -2.17. The van der Waals surface area contributed by atoms with Crippen LogP contribution in [0.15, 0.2) is 66.7 Å². The molecule has 0 radical (unpaired) electrons. The number of hydrogen-bond donors (Lipinski definition) is 2. The normalized spacial score (nSPS) is 13.0. The summed E-state index contributed by atoms with van der Waals surface area (Å²) in [7, 11) is 0. The summed E-state index contributed by atoms with van der Waals surface area (Å²) in [5.74, 6) is -1.39. The van der Waals surface area contributed by atoms with Gasteiger partial charge in [-0.2, -0.15) is 0 Å². The number of carbonyl (C=O) groups excluding carboxylic acids is 2. The Morgan fingerprint density at radius 2 is 1.69 bits per heavy atom. The number of esters is 1. The Kier molecular flexibility index (Phi) is 8.39. The average Bonchev–Trinajstić information content (AvgIpc) is 3.31. The maximum absolute atomic E-state index is 12.5. The number of aliphatic carboxylic acids is 1. The third-order valence-electron chi connectivity index (χ3n) is 6.24. The molecule has 3 aromatic rings. The third-order valence-corrected chi connectivity index (χ3v) is 6.47. The Balaban J connectivity index is 1.29. The Morgan fingerprint density at radius 1 is 0.917 bits per heavy atom. The van der Waals surface area contributed by atoms with Crippen molar-refractivity contribution in [3.63, 3.8) is 0 Å². The number of halogens is 1. The molecule has 36 heavy (non-hydrogen) atoms. The molecule has 0 unspecified atom stereocenters. The summed E-state index contributed by atoms with van der Waals surface area (Å²) in [6.45, 7) is 0. The first-order valence-corrected chi connectivity index (χ1v) is 12.4. The van der Waals surface area contributed by atoms with Gasteiger partial charge in [0, 0.05) is 17.5 Å². The van der Waals surface area contributed by atoms with Crippen molar-refractivity contribution in [3.8, 4) is 16.9 Å². The second-order valence-corrected chi connectivity index (χ2v) is 9.47. The van der Waals surface area contributed by atoms with E-state index in [1.807, 2.05) is 60.7 Å². The van der Waals surface area contributed by atoms with Crippen molar-refractivity contribution in [1.82, 2.24) is 5.32 Å². The van der Waals surface area contributed by atoms with Gasteiger partial charge in [-0.05, 0) is 77.8 Å². The van der Waals surface area contributed by atoms with Crippen LogP contribution in [0.2, 0.25) is 5.02 Å². The molecule has 0 aromatic heterocycles. The smallest absolute Gasteiger partial charge is 0.311 e. The molecule has 1 aliphatic rings. The minimum absolute atomic E-state index is 0.0758. The molecular formula is C29H28ClNO5. The van der Waals surface area contributed by atoms with Gasteiger partial charge in [0.2, 0.25) is 5.91 Å². The molecule has 1 atom stereocenters. The molecule has 1 amide bonds. The van der Waals surface area contributed by atoms with Crippen LogP contribution in [-0.4, -0.2) is 29.0 Å². The van der Waals surface area contributed by atoms with Crippen LogP contribution in [0.25, 0.3) is 11.1 Å². The van der Waals surface area contributed by atoms with Crippen molar-refractivity contribution < 1.29 is 24.2 Å². The summed E-state index contributed by atoms with van der Waals surface area (Å²) < 4.78 is 5.39. The van der Waals surface area contributed by atoms with Gasteiger partial charge in [0.15, 0.2) is 0 Å². The highest BCUT2D eigenvalue weighted by atomic mass is 35.5. The zero-order valence-electron chi connectivity index (χ0n) is 19.8.